The number of piperidine rings is 1. The van der Waals surface area contributed by atoms with Gasteiger partial charge in [0.05, 0.1) is 13.2 Å². The van der Waals surface area contributed by atoms with Crippen LogP contribution in [0.2, 0.25) is 0 Å². The molecule has 1 aliphatic heterocycles. The highest BCUT2D eigenvalue weighted by Gasteiger charge is 2.27. The van der Waals surface area contributed by atoms with Gasteiger partial charge in [0.2, 0.25) is 0 Å². The molecule has 0 spiro atoms. The maximum Gasteiger partial charge on any atom is 0.344 e. The van der Waals surface area contributed by atoms with Crippen LogP contribution in [0.15, 0.2) is 0 Å². The Balaban J connectivity index is 2.17. The molecule has 6 nitrogen and oxygen atoms in total. The number of carbonyl (C=O) groups excluding carboxylic acids is 1. The standard InChI is InChI=1S/C11H17N3O3S/c1-16-7-3-5-14(6-4-7)10-8(11(15)17-2)9(12)13-18-10/h7H,3-6H2,1-2H3,(H2,12,13). The third-order valence-electron chi connectivity index (χ3n) is 3.15. The van der Waals surface area contributed by atoms with E-state index in [1.165, 1.54) is 18.6 Å². The molecule has 0 aliphatic carbocycles. The van der Waals surface area contributed by atoms with Crippen LogP contribution in [0.1, 0.15) is 23.2 Å². The monoisotopic (exact) mass is 271 g/mol. The molecule has 7 heteroatoms. The van der Waals surface area contributed by atoms with Crippen molar-refractivity contribution in [2.45, 2.75) is 18.9 Å². The molecule has 0 unspecified atom stereocenters. The smallest absolute Gasteiger partial charge is 0.344 e. The van der Waals surface area contributed by atoms with Gasteiger partial charge in [0.15, 0.2) is 5.82 Å². The van der Waals surface area contributed by atoms with Gasteiger partial charge in [-0.2, -0.15) is 4.37 Å². The maximum absolute atomic E-state index is 11.7. The molecule has 0 aromatic carbocycles. The zero-order chi connectivity index (χ0) is 13.1. The van der Waals surface area contributed by atoms with Crippen molar-refractivity contribution in [1.82, 2.24) is 4.37 Å². The van der Waals surface area contributed by atoms with E-state index in [1.54, 1.807) is 7.11 Å². The first-order valence-corrected chi connectivity index (χ1v) is 6.56. The van der Waals surface area contributed by atoms with Crippen molar-refractivity contribution in [3.05, 3.63) is 5.56 Å². The largest absolute Gasteiger partial charge is 0.465 e. The van der Waals surface area contributed by atoms with Crippen LogP contribution in [0.25, 0.3) is 0 Å². The highest BCUT2D eigenvalue weighted by atomic mass is 32.1. The summed E-state index contributed by atoms with van der Waals surface area (Å²) >= 11 is 1.24. The Hall–Kier alpha value is -1.34. The first-order valence-electron chi connectivity index (χ1n) is 5.78. The van der Waals surface area contributed by atoms with Gasteiger partial charge in [-0.1, -0.05) is 0 Å². The summed E-state index contributed by atoms with van der Waals surface area (Å²) < 4.78 is 14.1. The van der Waals surface area contributed by atoms with Crippen molar-refractivity contribution < 1.29 is 14.3 Å². The molecule has 1 fully saturated rings. The van der Waals surface area contributed by atoms with Crippen LogP contribution in [0.3, 0.4) is 0 Å². The maximum atomic E-state index is 11.7. The van der Waals surface area contributed by atoms with E-state index in [4.69, 9.17) is 15.2 Å². The highest BCUT2D eigenvalue weighted by molar-refractivity contribution is 7.11. The minimum absolute atomic E-state index is 0.246. The Morgan fingerprint density at radius 1 is 1.44 bits per heavy atom. The quantitative estimate of drug-likeness (QED) is 0.830. The molecule has 2 N–H and O–H groups in total. The first-order chi connectivity index (χ1) is 8.67. The third kappa shape index (κ3) is 2.41. The van der Waals surface area contributed by atoms with Gasteiger partial charge in [0.25, 0.3) is 0 Å². The van der Waals surface area contributed by atoms with Crippen LogP contribution in [-0.2, 0) is 9.47 Å². The summed E-state index contributed by atoms with van der Waals surface area (Å²) in [7, 11) is 3.07. The third-order valence-corrected chi connectivity index (χ3v) is 4.08. The van der Waals surface area contributed by atoms with Crippen molar-refractivity contribution in [3.8, 4) is 0 Å². The summed E-state index contributed by atoms with van der Waals surface area (Å²) in [5, 5.41) is 0.800. The second-order valence-corrected chi connectivity index (χ2v) is 4.91. The number of ether oxygens (including phenoxy) is 2. The van der Waals surface area contributed by atoms with Gasteiger partial charge in [0, 0.05) is 20.2 Å². The van der Waals surface area contributed by atoms with Crippen molar-refractivity contribution in [3.63, 3.8) is 0 Å². The van der Waals surface area contributed by atoms with E-state index >= 15 is 0 Å². The number of aromatic nitrogens is 1. The van der Waals surface area contributed by atoms with E-state index in [2.05, 4.69) is 9.27 Å². The second kappa shape index (κ2) is 5.53. The molecule has 1 aromatic heterocycles. The van der Waals surface area contributed by atoms with Crippen LogP contribution in [0, 0.1) is 0 Å². The normalized spacial score (nSPS) is 16.9. The van der Waals surface area contributed by atoms with Crippen LogP contribution < -0.4 is 10.6 Å². The van der Waals surface area contributed by atoms with Crippen LogP contribution in [0.4, 0.5) is 10.8 Å². The number of hydrogen-bond acceptors (Lipinski definition) is 7. The van der Waals surface area contributed by atoms with Crippen molar-refractivity contribution in [1.29, 1.82) is 0 Å². The number of nitrogens with two attached hydrogens (primary N) is 1. The average molecular weight is 271 g/mol. The number of rotatable bonds is 3. The van der Waals surface area contributed by atoms with Gasteiger partial charge in [-0.3, -0.25) is 0 Å². The van der Waals surface area contributed by atoms with Gasteiger partial charge >= 0.3 is 5.97 Å². The first kappa shape index (κ1) is 13.1. The topological polar surface area (TPSA) is 77.7 Å². The number of carbonyl (C=O) groups is 1. The van der Waals surface area contributed by atoms with Crippen LogP contribution in [-0.4, -0.2) is 43.8 Å². The van der Waals surface area contributed by atoms with Gasteiger partial charge in [-0.25, -0.2) is 4.79 Å². The summed E-state index contributed by atoms with van der Waals surface area (Å²) in [5.41, 5.74) is 6.11. The van der Waals surface area contributed by atoms with E-state index in [1.807, 2.05) is 0 Å². The minimum atomic E-state index is -0.426. The number of nitrogen functional groups attached to an aromatic ring is 1. The minimum Gasteiger partial charge on any atom is -0.465 e. The Kier molecular flexibility index (Phi) is 4.03. The lowest BCUT2D eigenvalue weighted by Crippen LogP contribution is -2.36. The summed E-state index contributed by atoms with van der Waals surface area (Å²) in [5.74, 6) is -0.180. The molecule has 0 atom stereocenters. The number of esters is 1. The van der Waals surface area contributed by atoms with E-state index in [0.29, 0.717) is 11.7 Å². The molecule has 0 radical (unpaired) electrons. The predicted octanol–water partition coefficient (Wildman–Crippen LogP) is 1.13. The fraction of sp³-hybridized carbons (Fsp3) is 0.636. The number of hydrogen-bond donors (Lipinski definition) is 1. The summed E-state index contributed by atoms with van der Waals surface area (Å²) in [6.45, 7) is 1.67. The number of methoxy groups -OCH3 is 2. The number of anilines is 2. The molecule has 0 saturated carbocycles. The molecule has 1 aromatic rings. The van der Waals surface area contributed by atoms with Gasteiger partial charge in [-0.05, 0) is 24.4 Å². The van der Waals surface area contributed by atoms with Gasteiger partial charge < -0.3 is 20.1 Å². The molecular weight excluding hydrogens is 254 g/mol. The van der Waals surface area contributed by atoms with Crippen LogP contribution >= 0.6 is 11.5 Å². The van der Waals surface area contributed by atoms with Crippen molar-refractivity contribution in [2.75, 3.05) is 37.9 Å². The molecule has 2 heterocycles. The molecule has 1 aliphatic rings. The Morgan fingerprint density at radius 2 is 2.11 bits per heavy atom. The number of nitrogens with zero attached hydrogens (tertiary/aromatic N) is 2. The summed E-state index contributed by atoms with van der Waals surface area (Å²) in [6, 6.07) is 0. The lowest BCUT2D eigenvalue weighted by atomic mass is 10.1. The fourth-order valence-electron chi connectivity index (χ4n) is 2.10. The lowest BCUT2D eigenvalue weighted by Gasteiger charge is -2.31. The van der Waals surface area contributed by atoms with Gasteiger partial charge in [-0.15, -0.1) is 0 Å². The Morgan fingerprint density at radius 3 is 2.67 bits per heavy atom. The van der Waals surface area contributed by atoms with E-state index in [0.717, 1.165) is 30.9 Å². The summed E-state index contributed by atoms with van der Waals surface area (Å²) in [6.07, 6.45) is 2.18. The zero-order valence-electron chi connectivity index (χ0n) is 10.5. The zero-order valence-corrected chi connectivity index (χ0v) is 11.3. The lowest BCUT2D eigenvalue weighted by molar-refractivity contribution is 0.0602. The molecular formula is C11H17N3O3S. The van der Waals surface area contributed by atoms with E-state index in [9.17, 15) is 4.79 Å². The molecule has 0 bridgehead atoms. The predicted molar refractivity (Wildman–Crippen MR) is 70.1 cm³/mol. The SMILES string of the molecule is COC(=O)c1c(N)nsc1N1CCC(OC)CC1. The molecule has 100 valence electrons. The van der Waals surface area contributed by atoms with Crippen molar-refractivity contribution >= 4 is 28.3 Å². The second-order valence-electron chi connectivity index (χ2n) is 4.16. The Bertz CT molecular complexity index is 427. The Labute approximate surface area is 110 Å². The highest BCUT2D eigenvalue weighted by Crippen LogP contribution is 2.33. The van der Waals surface area contributed by atoms with Gasteiger partial charge in [0.1, 0.15) is 10.6 Å². The van der Waals surface area contributed by atoms with Crippen molar-refractivity contribution in [2.24, 2.45) is 0 Å². The van der Waals surface area contributed by atoms with E-state index < -0.39 is 5.97 Å². The summed E-state index contributed by atoms with van der Waals surface area (Å²) in [4.78, 5) is 13.8. The fourth-order valence-corrected chi connectivity index (χ4v) is 2.95. The molecule has 0 amide bonds. The van der Waals surface area contributed by atoms with Crippen LogP contribution in [0.5, 0.6) is 0 Å². The average Bonchev–Trinajstić information content (AvgIpc) is 2.80. The molecule has 2 rings (SSSR count). The molecule has 1 saturated heterocycles. The molecule has 18 heavy (non-hydrogen) atoms. The van der Waals surface area contributed by atoms with E-state index in [-0.39, 0.29) is 5.82 Å².